The van der Waals surface area contributed by atoms with Gasteiger partial charge in [-0.3, -0.25) is 4.79 Å². The van der Waals surface area contributed by atoms with Gasteiger partial charge in [-0.1, -0.05) is 0 Å². The number of carbonyl (C=O) groups is 1. The quantitative estimate of drug-likeness (QED) is 0.835. The van der Waals surface area contributed by atoms with Crippen molar-refractivity contribution in [2.75, 3.05) is 26.7 Å². The van der Waals surface area contributed by atoms with Crippen LogP contribution in [0.4, 0.5) is 4.39 Å². The number of morpholine rings is 1. The lowest BCUT2D eigenvalue weighted by Crippen LogP contribution is -2.51. The fourth-order valence-corrected chi connectivity index (χ4v) is 3.33. The second-order valence-electron chi connectivity index (χ2n) is 6.30. The standard InChI is InChI=1S/C18H22FN3O3S/c1-12(16-9-22(2)7-8-24-16)20-18(23)15-11-26-17(21-15)10-25-14-5-3-13(19)4-6-14/h3-6,11-12,16H,7-10H2,1-2H3,(H,20,23). The molecule has 1 aromatic carbocycles. The van der Waals surface area contributed by atoms with Crippen LogP contribution in [0.25, 0.3) is 0 Å². The molecule has 0 bridgehead atoms. The maximum absolute atomic E-state index is 12.9. The van der Waals surface area contributed by atoms with Crippen molar-refractivity contribution in [3.63, 3.8) is 0 Å². The van der Waals surface area contributed by atoms with E-state index in [2.05, 4.69) is 15.2 Å². The minimum absolute atomic E-state index is 0.0300. The van der Waals surface area contributed by atoms with Gasteiger partial charge in [-0.2, -0.15) is 0 Å². The van der Waals surface area contributed by atoms with Crippen molar-refractivity contribution in [3.05, 3.63) is 46.2 Å². The zero-order chi connectivity index (χ0) is 18.5. The highest BCUT2D eigenvalue weighted by atomic mass is 32.1. The van der Waals surface area contributed by atoms with E-state index in [1.807, 2.05) is 14.0 Å². The van der Waals surface area contributed by atoms with E-state index in [9.17, 15) is 9.18 Å². The van der Waals surface area contributed by atoms with Crippen molar-refractivity contribution in [2.45, 2.75) is 25.7 Å². The number of rotatable bonds is 6. The average molecular weight is 379 g/mol. The van der Waals surface area contributed by atoms with E-state index in [1.54, 1.807) is 17.5 Å². The van der Waals surface area contributed by atoms with Crippen LogP contribution in [0.3, 0.4) is 0 Å². The molecule has 1 saturated heterocycles. The molecule has 1 aliphatic heterocycles. The zero-order valence-electron chi connectivity index (χ0n) is 14.8. The molecular formula is C18H22FN3O3S. The van der Waals surface area contributed by atoms with E-state index < -0.39 is 0 Å². The molecule has 1 aromatic heterocycles. The Morgan fingerprint density at radius 1 is 1.50 bits per heavy atom. The minimum Gasteiger partial charge on any atom is -0.486 e. The molecule has 1 fully saturated rings. The summed E-state index contributed by atoms with van der Waals surface area (Å²) in [5.74, 6) is 0.0196. The van der Waals surface area contributed by atoms with Crippen LogP contribution >= 0.6 is 11.3 Å². The fraction of sp³-hybridized carbons (Fsp3) is 0.444. The number of hydrogen-bond acceptors (Lipinski definition) is 6. The summed E-state index contributed by atoms with van der Waals surface area (Å²) in [5.41, 5.74) is 0.365. The zero-order valence-corrected chi connectivity index (χ0v) is 15.6. The molecule has 1 amide bonds. The lowest BCUT2D eigenvalue weighted by atomic mass is 10.1. The summed E-state index contributed by atoms with van der Waals surface area (Å²) in [7, 11) is 2.04. The van der Waals surface area contributed by atoms with Gasteiger partial charge in [-0.05, 0) is 38.2 Å². The summed E-state index contributed by atoms with van der Waals surface area (Å²) in [4.78, 5) is 18.9. The number of hydrogen-bond donors (Lipinski definition) is 1. The van der Waals surface area contributed by atoms with E-state index in [0.29, 0.717) is 23.1 Å². The average Bonchev–Trinajstić information content (AvgIpc) is 3.10. The van der Waals surface area contributed by atoms with Crippen molar-refractivity contribution < 1.29 is 18.7 Å². The van der Waals surface area contributed by atoms with E-state index in [0.717, 1.165) is 13.1 Å². The molecule has 2 unspecified atom stereocenters. The maximum Gasteiger partial charge on any atom is 0.271 e. The predicted molar refractivity (Wildman–Crippen MR) is 97.0 cm³/mol. The van der Waals surface area contributed by atoms with Gasteiger partial charge in [0.05, 0.1) is 18.8 Å². The Morgan fingerprint density at radius 3 is 3.00 bits per heavy atom. The van der Waals surface area contributed by atoms with Crippen LogP contribution in [0.5, 0.6) is 5.75 Å². The normalized spacial score (nSPS) is 19.1. The SMILES string of the molecule is CC(NC(=O)c1csc(COc2ccc(F)cc2)n1)C1CN(C)CCO1. The molecule has 2 heterocycles. The third-order valence-corrected chi connectivity index (χ3v) is 5.00. The van der Waals surface area contributed by atoms with E-state index in [4.69, 9.17) is 9.47 Å². The Kier molecular flexibility index (Phi) is 6.18. The molecular weight excluding hydrogens is 357 g/mol. The lowest BCUT2D eigenvalue weighted by Gasteiger charge is -2.33. The van der Waals surface area contributed by atoms with Gasteiger partial charge in [0.2, 0.25) is 0 Å². The highest BCUT2D eigenvalue weighted by molar-refractivity contribution is 7.09. The molecule has 2 atom stereocenters. The van der Waals surface area contributed by atoms with Gasteiger partial charge in [0.15, 0.2) is 0 Å². The third kappa shape index (κ3) is 5.00. The Labute approximate surface area is 155 Å². The number of carbonyl (C=O) groups excluding carboxylic acids is 1. The van der Waals surface area contributed by atoms with Crippen LogP contribution in [0, 0.1) is 5.82 Å². The first-order valence-electron chi connectivity index (χ1n) is 8.45. The van der Waals surface area contributed by atoms with Crippen molar-refractivity contribution in [1.82, 2.24) is 15.2 Å². The Hall–Kier alpha value is -2.03. The van der Waals surface area contributed by atoms with Crippen molar-refractivity contribution in [1.29, 1.82) is 0 Å². The van der Waals surface area contributed by atoms with E-state index in [-0.39, 0.29) is 30.5 Å². The number of nitrogens with zero attached hydrogens (tertiary/aromatic N) is 2. The Bertz CT molecular complexity index is 738. The molecule has 0 aliphatic carbocycles. The monoisotopic (exact) mass is 379 g/mol. The minimum atomic E-state index is -0.312. The summed E-state index contributed by atoms with van der Waals surface area (Å²) in [6, 6.07) is 5.68. The summed E-state index contributed by atoms with van der Waals surface area (Å²) in [6.45, 7) is 4.53. The van der Waals surface area contributed by atoms with Crippen LogP contribution in [0.15, 0.2) is 29.6 Å². The van der Waals surface area contributed by atoms with Gasteiger partial charge in [0.25, 0.3) is 5.91 Å². The number of likely N-dealkylation sites (N-methyl/N-ethyl adjacent to an activating group) is 1. The molecule has 8 heteroatoms. The van der Waals surface area contributed by atoms with Gasteiger partial charge < -0.3 is 19.7 Å². The van der Waals surface area contributed by atoms with E-state index >= 15 is 0 Å². The van der Waals surface area contributed by atoms with Crippen LogP contribution in [0.2, 0.25) is 0 Å². The first kappa shape index (κ1) is 18.8. The molecule has 140 valence electrons. The number of halogens is 1. The topological polar surface area (TPSA) is 63.7 Å². The molecule has 2 aromatic rings. The van der Waals surface area contributed by atoms with Gasteiger partial charge in [0, 0.05) is 18.5 Å². The van der Waals surface area contributed by atoms with Crippen LogP contribution in [0.1, 0.15) is 22.4 Å². The molecule has 0 spiro atoms. The second-order valence-corrected chi connectivity index (χ2v) is 7.25. The largest absolute Gasteiger partial charge is 0.486 e. The van der Waals surface area contributed by atoms with Gasteiger partial charge >= 0.3 is 0 Å². The summed E-state index contributed by atoms with van der Waals surface area (Å²) >= 11 is 1.35. The van der Waals surface area contributed by atoms with Crippen LogP contribution < -0.4 is 10.1 Å². The van der Waals surface area contributed by atoms with Crippen LogP contribution in [-0.2, 0) is 11.3 Å². The van der Waals surface area contributed by atoms with Crippen molar-refractivity contribution in [2.24, 2.45) is 0 Å². The summed E-state index contributed by atoms with van der Waals surface area (Å²) in [6.07, 6.45) is -0.0300. The van der Waals surface area contributed by atoms with Gasteiger partial charge in [-0.25, -0.2) is 9.37 Å². The Balaban J connectivity index is 1.51. The highest BCUT2D eigenvalue weighted by Gasteiger charge is 2.25. The molecule has 1 aliphatic rings. The molecule has 0 saturated carbocycles. The van der Waals surface area contributed by atoms with Gasteiger partial charge in [0.1, 0.15) is 28.9 Å². The molecule has 3 rings (SSSR count). The number of amides is 1. The maximum atomic E-state index is 12.9. The van der Waals surface area contributed by atoms with Crippen molar-refractivity contribution in [3.8, 4) is 5.75 Å². The molecule has 26 heavy (non-hydrogen) atoms. The fourth-order valence-electron chi connectivity index (χ4n) is 2.64. The first-order valence-corrected chi connectivity index (χ1v) is 9.33. The molecule has 1 N–H and O–H groups in total. The summed E-state index contributed by atoms with van der Waals surface area (Å²) in [5, 5.41) is 5.34. The van der Waals surface area contributed by atoms with E-state index in [1.165, 1.54) is 23.5 Å². The Morgan fingerprint density at radius 2 is 2.27 bits per heavy atom. The smallest absolute Gasteiger partial charge is 0.271 e. The number of benzene rings is 1. The van der Waals surface area contributed by atoms with Crippen molar-refractivity contribution >= 4 is 17.2 Å². The molecule has 0 radical (unpaired) electrons. The number of nitrogens with one attached hydrogen (secondary N) is 1. The highest BCUT2D eigenvalue weighted by Crippen LogP contribution is 2.16. The second kappa shape index (κ2) is 8.57. The van der Waals surface area contributed by atoms with Gasteiger partial charge in [-0.15, -0.1) is 11.3 Å². The van der Waals surface area contributed by atoms with Crippen LogP contribution in [-0.4, -0.2) is 54.7 Å². The predicted octanol–water partition coefficient (Wildman–Crippen LogP) is 2.31. The number of aromatic nitrogens is 1. The number of thiazole rings is 1. The molecule has 6 nitrogen and oxygen atoms in total. The summed E-state index contributed by atoms with van der Waals surface area (Å²) < 4.78 is 24.2. The first-order chi connectivity index (χ1) is 12.5. The third-order valence-electron chi connectivity index (χ3n) is 4.17. The number of ether oxygens (including phenoxy) is 2. The lowest BCUT2D eigenvalue weighted by molar-refractivity contribution is -0.0342.